The van der Waals surface area contributed by atoms with Crippen LogP contribution in [0.2, 0.25) is 10.0 Å². The monoisotopic (exact) mass is 643 g/mol. The van der Waals surface area contributed by atoms with Crippen LogP contribution in [0.1, 0.15) is 35.4 Å². The van der Waals surface area contributed by atoms with Gasteiger partial charge in [0, 0.05) is 22.3 Å². The molecule has 7 nitrogen and oxygen atoms in total. The zero-order chi connectivity index (χ0) is 31.1. The first-order chi connectivity index (χ1) is 21.1. The maximum atomic E-state index is 14.0. The zero-order valence-electron chi connectivity index (χ0n) is 24.3. The Morgan fingerprint density at radius 3 is 2.50 bits per heavy atom. The number of aromatic nitrogens is 1. The summed E-state index contributed by atoms with van der Waals surface area (Å²) in [6.07, 6.45) is 1.68. The Kier molecular flexibility index (Phi) is 8.07. The summed E-state index contributed by atoms with van der Waals surface area (Å²) in [7, 11) is 1.59. The Balaban J connectivity index is 1.45. The lowest BCUT2D eigenvalue weighted by molar-refractivity contribution is -0.113. The summed E-state index contributed by atoms with van der Waals surface area (Å²) in [5.74, 6) is 1.35. The molecule has 6 rings (SSSR count). The van der Waals surface area contributed by atoms with Crippen molar-refractivity contribution in [3.63, 3.8) is 0 Å². The van der Waals surface area contributed by atoms with Gasteiger partial charge in [0.05, 0.1) is 34.0 Å². The van der Waals surface area contributed by atoms with Crippen LogP contribution in [-0.4, -0.2) is 17.6 Å². The van der Waals surface area contributed by atoms with Crippen molar-refractivity contribution in [3.05, 3.63) is 136 Å². The van der Waals surface area contributed by atoms with Gasteiger partial charge in [-0.25, -0.2) is 4.99 Å². The third-order valence-electron chi connectivity index (χ3n) is 7.42. The highest BCUT2D eigenvalue weighted by Crippen LogP contribution is 2.33. The van der Waals surface area contributed by atoms with E-state index in [0.29, 0.717) is 59.2 Å². The Morgan fingerprint density at radius 1 is 1.02 bits per heavy atom. The molecule has 0 saturated heterocycles. The van der Waals surface area contributed by atoms with E-state index in [9.17, 15) is 9.59 Å². The average Bonchev–Trinajstić information content (AvgIpc) is 3.57. The molecular formula is C34H27Cl2N3O4S. The van der Waals surface area contributed by atoms with E-state index in [1.165, 1.54) is 11.3 Å². The van der Waals surface area contributed by atoms with Gasteiger partial charge < -0.3 is 14.5 Å². The number of anilines is 1. The maximum absolute atomic E-state index is 14.0. The van der Waals surface area contributed by atoms with E-state index in [-0.39, 0.29) is 11.5 Å². The van der Waals surface area contributed by atoms with Gasteiger partial charge in [0.25, 0.3) is 11.5 Å². The first-order valence-electron chi connectivity index (χ1n) is 13.7. The molecule has 1 atom stereocenters. The van der Waals surface area contributed by atoms with E-state index in [4.69, 9.17) is 37.3 Å². The van der Waals surface area contributed by atoms with Gasteiger partial charge in [0.1, 0.15) is 17.3 Å². The molecule has 1 aliphatic rings. The SMILES string of the molecule is COc1ccc([C@@H]2C(C(=O)Nc3ccc(C)cc3C)=C(C)N=c3s/c(=C\c4ccc(-c5ccc(Cl)cc5Cl)o4)c(=O)n32)cc1. The van der Waals surface area contributed by atoms with Gasteiger partial charge >= 0.3 is 0 Å². The van der Waals surface area contributed by atoms with Crippen LogP contribution >= 0.6 is 34.5 Å². The lowest BCUT2D eigenvalue weighted by Gasteiger charge is -2.25. The summed E-state index contributed by atoms with van der Waals surface area (Å²) in [6.45, 7) is 5.74. The standard InChI is InChI=1S/C34H27Cl2N3O4S/c1-18-5-13-27(19(2)15-18)38-32(40)30-20(3)37-34-39(31(30)21-6-9-23(42-4)10-7-21)33(41)29(44-34)17-24-11-14-28(43-24)25-12-8-22(35)16-26(25)36/h5-17,31H,1-4H3,(H,38,40)/b29-17-/t31-/m1/s1. The summed E-state index contributed by atoms with van der Waals surface area (Å²) >= 11 is 13.7. The van der Waals surface area contributed by atoms with Crippen molar-refractivity contribution in [3.8, 4) is 17.1 Å². The number of furan rings is 1. The highest BCUT2D eigenvalue weighted by Gasteiger charge is 2.32. The van der Waals surface area contributed by atoms with E-state index in [2.05, 4.69) is 5.32 Å². The first kappa shape index (κ1) is 29.7. The third-order valence-corrected chi connectivity index (χ3v) is 8.96. The van der Waals surface area contributed by atoms with Crippen LogP contribution in [0.3, 0.4) is 0 Å². The van der Waals surface area contributed by atoms with Crippen LogP contribution < -0.4 is 24.9 Å². The van der Waals surface area contributed by atoms with Crippen LogP contribution in [-0.2, 0) is 4.79 Å². The Hall–Kier alpha value is -4.37. The van der Waals surface area contributed by atoms with E-state index in [0.717, 1.165) is 16.7 Å². The van der Waals surface area contributed by atoms with Gasteiger partial charge in [0.2, 0.25) is 0 Å². The Morgan fingerprint density at radius 2 is 1.80 bits per heavy atom. The summed E-state index contributed by atoms with van der Waals surface area (Å²) in [5.41, 5.74) is 4.78. The minimum Gasteiger partial charge on any atom is -0.497 e. The number of methoxy groups -OCH3 is 1. The van der Waals surface area contributed by atoms with Gasteiger partial charge in [-0.2, -0.15) is 0 Å². The molecule has 1 aliphatic heterocycles. The molecule has 10 heteroatoms. The van der Waals surface area contributed by atoms with Crippen molar-refractivity contribution in [2.75, 3.05) is 12.4 Å². The molecule has 2 aromatic heterocycles. The predicted octanol–water partition coefficient (Wildman–Crippen LogP) is 7.07. The smallest absolute Gasteiger partial charge is 0.271 e. The molecule has 0 fully saturated rings. The molecule has 44 heavy (non-hydrogen) atoms. The van der Waals surface area contributed by atoms with Crippen LogP contribution in [0.15, 0.2) is 98.3 Å². The van der Waals surface area contributed by atoms with Crippen LogP contribution in [0.25, 0.3) is 17.4 Å². The number of thiazole rings is 1. The summed E-state index contributed by atoms with van der Waals surface area (Å²) < 4.78 is 13.4. The second-order valence-electron chi connectivity index (χ2n) is 10.5. The normalized spacial score (nSPS) is 14.8. The molecule has 0 unspecified atom stereocenters. The minimum atomic E-state index is -0.718. The fraction of sp³-hybridized carbons (Fsp3) is 0.147. The van der Waals surface area contributed by atoms with Crippen LogP contribution in [0.4, 0.5) is 5.69 Å². The molecule has 0 spiro atoms. The number of benzene rings is 3. The number of halogens is 2. The minimum absolute atomic E-state index is 0.290. The van der Waals surface area contributed by atoms with Gasteiger partial charge in [-0.05, 0) is 80.4 Å². The molecule has 3 heterocycles. The molecule has 5 aromatic rings. The third kappa shape index (κ3) is 5.64. The second kappa shape index (κ2) is 12.0. The van der Waals surface area contributed by atoms with Crippen molar-refractivity contribution >= 4 is 52.2 Å². The second-order valence-corrected chi connectivity index (χ2v) is 12.3. The molecule has 0 radical (unpaired) electrons. The number of hydrogen-bond donors (Lipinski definition) is 1. The quantitative estimate of drug-likeness (QED) is 0.214. The van der Waals surface area contributed by atoms with Crippen molar-refractivity contribution in [1.82, 2.24) is 4.57 Å². The fourth-order valence-corrected chi connectivity index (χ4v) is 6.78. The van der Waals surface area contributed by atoms with E-state index >= 15 is 0 Å². The molecule has 0 bridgehead atoms. The van der Waals surface area contributed by atoms with Crippen molar-refractivity contribution in [2.45, 2.75) is 26.8 Å². The first-order valence-corrected chi connectivity index (χ1v) is 15.3. The number of nitrogens with zero attached hydrogens (tertiary/aromatic N) is 2. The molecule has 3 aromatic carbocycles. The van der Waals surface area contributed by atoms with Gasteiger partial charge in [-0.3, -0.25) is 14.2 Å². The van der Waals surface area contributed by atoms with Gasteiger partial charge in [-0.15, -0.1) is 0 Å². The lowest BCUT2D eigenvalue weighted by Crippen LogP contribution is -2.40. The number of amides is 1. The number of hydrogen-bond acceptors (Lipinski definition) is 6. The number of carbonyl (C=O) groups is 1. The number of fused-ring (bicyclic) bond motifs is 1. The molecule has 1 N–H and O–H groups in total. The van der Waals surface area contributed by atoms with E-state index in [1.807, 2.05) is 56.3 Å². The van der Waals surface area contributed by atoms with Crippen LogP contribution in [0, 0.1) is 13.8 Å². The molecule has 0 saturated carbocycles. The number of carbonyl (C=O) groups excluding carboxylic acids is 1. The molecular weight excluding hydrogens is 617 g/mol. The topological polar surface area (TPSA) is 85.8 Å². The van der Waals surface area contributed by atoms with E-state index in [1.54, 1.807) is 55.0 Å². The number of allylic oxidation sites excluding steroid dienone is 1. The molecule has 1 amide bonds. The highest BCUT2D eigenvalue weighted by molar-refractivity contribution is 7.07. The largest absolute Gasteiger partial charge is 0.497 e. The highest BCUT2D eigenvalue weighted by atomic mass is 35.5. The Bertz CT molecular complexity index is 2140. The summed E-state index contributed by atoms with van der Waals surface area (Å²) in [5, 5.41) is 4.03. The van der Waals surface area contributed by atoms with Crippen LogP contribution in [0.5, 0.6) is 5.75 Å². The molecule has 0 aliphatic carbocycles. The van der Waals surface area contributed by atoms with E-state index < -0.39 is 6.04 Å². The van der Waals surface area contributed by atoms with Gasteiger partial charge in [-0.1, -0.05) is 64.4 Å². The summed E-state index contributed by atoms with van der Waals surface area (Å²) in [6, 6.07) is 21.2. The predicted molar refractivity (Wildman–Crippen MR) is 175 cm³/mol. The number of nitrogens with one attached hydrogen (secondary N) is 1. The fourth-order valence-electron chi connectivity index (χ4n) is 5.25. The lowest BCUT2D eigenvalue weighted by atomic mass is 9.95. The number of aryl methyl sites for hydroxylation is 2. The maximum Gasteiger partial charge on any atom is 0.271 e. The number of rotatable bonds is 6. The number of ether oxygens (including phenoxy) is 1. The zero-order valence-corrected chi connectivity index (χ0v) is 26.6. The van der Waals surface area contributed by atoms with Crippen molar-refractivity contribution in [2.24, 2.45) is 4.99 Å². The van der Waals surface area contributed by atoms with Crippen molar-refractivity contribution < 1.29 is 13.9 Å². The van der Waals surface area contributed by atoms with Gasteiger partial charge in [0.15, 0.2) is 4.80 Å². The van der Waals surface area contributed by atoms with Crippen molar-refractivity contribution in [1.29, 1.82) is 0 Å². The average molecular weight is 645 g/mol. The Labute approximate surface area is 267 Å². The summed E-state index contributed by atoms with van der Waals surface area (Å²) in [4.78, 5) is 33.2. The molecule has 222 valence electrons.